The molecule has 0 fully saturated rings. The van der Waals surface area contributed by atoms with Crippen LogP contribution < -0.4 is 19.5 Å². The molecule has 0 spiro atoms. The predicted molar refractivity (Wildman–Crippen MR) is 127 cm³/mol. The number of hydrogen-bond donors (Lipinski definition) is 1. The van der Waals surface area contributed by atoms with Crippen molar-refractivity contribution in [3.63, 3.8) is 0 Å². The van der Waals surface area contributed by atoms with Crippen LogP contribution in [0.2, 0.25) is 0 Å². The van der Waals surface area contributed by atoms with E-state index in [0.29, 0.717) is 17.4 Å². The van der Waals surface area contributed by atoms with E-state index >= 15 is 0 Å². The number of aromatic nitrogens is 3. The maximum absolute atomic E-state index is 6.68. The Hall–Kier alpha value is -3.78. The molecule has 0 amide bonds. The molecular formula is C25H22N4O3S. The molecule has 8 heteroatoms. The van der Waals surface area contributed by atoms with Gasteiger partial charge in [-0.1, -0.05) is 23.8 Å². The molecule has 0 saturated carbocycles. The number of thiophene rings is 1. The van der Waals surface area contributed by atoms with Crippen LogP contribution in [0.25, 0.3) is 5.70 Å². The van der Waals surface area contributed by atoms with E-state index in [4.69, 9.17) is 14.2 Å². The molecule has 4 heterocycles. The number of nitrogens with zero attached hydrogens (tertiary/aromatic N) is 3. The highest BCUT2D eigenvalue weighted by atomic mass is 32.1. The molecule has 166 valence electrons. The van der Waals surface area contributed by atoms with Crippen molar-refractivity contribution in [2.75, 3.05) is 19.5 Å². The van der Waals surface area contributed by atoms with E-state index < -0.39 is 0 Å². The molecule has 2 aliphatic heterocycles. The summed E-state index contributed by atoms with van der Waals surface area (Å²) in [7, 11) is 3.28. The van der Waals surface area contributed by atoms with Gasteiger partial charge in [-0.25, -0.2) is 4.68 Å². The molecule has 2 atom stereocenters. The van der Waals surface area contributed by atoms with Gasteiger partial charge in [-0.15, -0.1) is 11.3 Å². The summed E-state index contributed by atoms with van der Waals surface area (Å²) in [5.74, 6) is 2.88. The fourth-order valence-corrected chi connectivity index (χ4v) is 5.42. The first kappa shape index (κ1) is 19.9. The van der Waals surface area contributed by atoms with Crippen molar-refractivity contribution in [2.45, 2.75) is 19.1 Å². The van der Waals surface area contributed by atoms with Gasteiger partial charge >= 0.3 is 0 Å². The summed E-state index contributed by atoms with van der Waals surface area (Å²) in [5, 5.41) is 10.2. The second kappa shape index (κ2) is 7.67. The summed E-state index contributed by atoms with van der Waals surface area (Å²) in [6, 6.07) is 16.2. The van der Waals surface area contributed by atoms with Crippen molar-refractivity contribution in [3.05, 3.63) is 87.4 Å². The van der Waals surface area contributed by atoms with Crippen molar-refractivity contribution in [1.29, 1.82) is 0 Å². The molecule has 6 rings (SSSR count). The first-order valence-corrected chi connectivity index (χ1v) is 11.5. The van der Waals surface area contributed by atoms with Crippen LogP contribution in [0.4, 0.5) is 5.95 Å². The minimum Gasteiger partial charge on any atom is -0.493 e. The minimum absolute atomic E-state index is 0.148. The van der Waals surface area contributed by atoms with Gasteiger partial charge in [0.25, 0.3) is 0 Å². The first-order valence-electron chi connectivity index (χ1n) is 10.6. The Kier molecular flexibility index (Phi) is 4.62. The Morgan fingerprint density at radius 2 is 1.94 bits per heavy atom. The molecule has 2 aliphatic rings. The lowest BCUT2D eigenvalue weighted by Gasteiger charge is -2.38. The van der Waals surface area contributed by atoms with Crippen LogP contribution in [-0.4, -0.2) is 29.0 Å². The molecule has 2 aromatic carbocycles. The van der Waals surface area contributed by atoms with E-state index in [-0.39, 0.29) is 12.1 Å². The van der Waals surface area contributed by atoms with Crippen molar-refractivity contribution < 1.29 is 14.2 Å². The number of fused-ring (bicyclic) bond motifs is 3. The van der Waals surface area contributed by atoms with Gasteiger partial charge in [-0.2, -0.15) is 10.1 Å². The molecule has 0 saturated heterocycles. The Morgan fingerprint density at radius 1 is 1.06 bits per heavy atom. The summed E-state index contributed by atoms with van der Waals surface area (Å²) < 4.78 is 19.7. The lowest BCUT2D eigenvalue weighted by atomic mass is 9.86. The van der Waals surface area contributed by atoms with E-state index in [1.54, 1.807) is 31.9 Å². The zero-order valence-corrected chi connectivity index (χ0v) is 19.2. The normalized spacial score (nSPS) is 18.5. The van der Waals surface area contributed by atoms with Crippen LogP contribution in [0.5, 0.6) is 17.2 Å². The van der Waals surface area contributed by atoms with Crippen LogP contribution in [0.1, 0.15) is 33.7 Å². The number of aryl methyl sites for hydroxylation is 1. The largest absolute Gasteiger partial charge is 0.493 e. The molecule has 2 aromatic heterocycles. The number of hydrogen-bond acceptors (Lipinski definition) is 7. The fraction of sp³-hybridized carbons (Fsp3) is 0.200. The number of nitrogens with one attached hydrogen (secondary N) is 1. The quantitative estimate of drug-likeness (QED) is 0.452. The first-order chi connectivity index (χ1) is 16.2. The van der Waals surface area contributed by atoms with E-state index in [9.17, 15) is 0 Å². The molecule has 0 bridgehead atoms. The molecule has 1 N–H and O–H groups in total. The number of ether oxygens (including phenoxy) is 3. The van der Waals surface area contributed by atoms with Gasteiger partial charge in [0.15, 0.2) is 11.5 Å². The second-order valence-corrected chi connectivity index (χ2v) is 8.99. The monoisotopic (exact) mass is 458 g/mol. The van der Waals surface area contributed by atoms with Gasteiger partial charge in [0.2, 0.25) is 5.95 Å². The lowest BCUT2D eigenvalue weighted by molar-refractivity contribution is 0.222. The number of benzene rings is 2. The maximum atomic E-state index is 6.68. The highest BCUT2D eigenvalue weighted by Gasteiger charge is 2.41. The molecular weight excluding hydrogens is 436 g/mol. The standard InChI is InChI=1S/C25H22N4O3S/c1-14-6-8-17-16(11-14)22-21(24(32-17)15-7-9-18(30-2)19(12-15)31-3)23(20-5-4-10-33-20)29-25(28-22)26-13-27-29/h4-13,23-24H,1-3H3,(H,26,27,28)/t23-,24+/m1/s1. The van der Waals surface area contributed by atoms with Crippen molar-refractivity contribution >= 4 is 23.0 Å². The molecule has 33 heavy (non-hydrogen) atoms. The summed E-state index contributed by atoms with van der Waals surface area (Å²) in [5.41, 5.74) is 5.26. The third-order valence-corrected chi connectivity index (χ3v) is 7.02. The van der Waals surface area contributed by atoms with Gasteiger partial charge in [0.1, 0.15) is 24.2 Å². The third-order valence-electron chi connectivity index (χ3n) is 6.09. The van der Waals surface area contributed by atoms with Crippen molar-refractivity contribution in [3.8, 4) is 17.2 Å². The second-order valence-electron chi connectivity index (χ2n) is 8.01. The molecule has 0 unspecified atom stereocenters. The molecule has 0 aliphatic carbocycles. The highest BCUT2D eigenvalue weighted by molar-refractivity contribution is 7.10. The van der Waals surface area contributed by atoms with Gasteiger partial charge in [0.05, 0.1) is 19.9 Å². The zero-order valence-electron chi connectivity index (χ0n) is 18.4. The summed E-state index contributed by atoms with van der Waals surface area (Å²) in [4.78, 5) is 5.65. The highest BCUT2D eigenvalue weighted by Crippen LogP contribution is 2.51. The summed E-state index contributed by atoms with van der Waals surface area (Å²) >= 11 is 1.70. The van der Waals surface area contributed by atoms with Gasteiger partial charge < -0.3 is 19.5 Å². The van der Waals surface area contributed by atoms with Crippen LogP contribution in [0, 0.1) is 6.92 Å². The Balaban J connectivity index is 1.61. The molecule has 0 radical (unpaired) electrons. The zero-order chi connectivity index (χ0) is 22.5. The average molecular weight is 459 g/mol. The fourth-order valence-electron chi connectivity index (χ4n) is 4.59. The van der Waals surface area contributed by atoms with Crippen molar-refractivity contribution in [2.24, 2.45) is 0 Å². The van der Waals surface area contributed by atoms with E-state index in [1.165, 1.54) is 4.88 Å². The number of rotatable bonds is 4. The number of methoxy groups -OCH3 is 2. The SMILES string of the molecule is COc1ccc([C@@H]2Oc3ccc(C)cc3C3=C2[C@@H](c2cccs2)n2ncnc2N3)cc1OC. The lowest BCUT2D eigenvalue weighted by Crippen LogP contribution is -2.32. The third kappa shape index (κ3) is 3.09. The minimum atomic E-state index is -0.355. The van der Waals surface area contributed by atoms with Crippen LogP contribution in [0.3, 0.4) is 0 Å². The summed E-state index contributed by atoms with van der Waals surface area (Å²) in [6.45, 7) is 2.09. The predicted octanol–water partition coefficient (Wildman–Crippen LogP) is 5.23. The Bertz CT molecular complexity index is 1380. The maximum Gasteiger partial charge on any atom is 0.226 e. The van der Waals surface area contributed by atoms with Gasteiger partial charge in [0, 0.05) is 21.6 Å². The van der Waals surface area contributed by atoms with Gasteiger partial charge in [-0.05, 0) is 42.6 Å². The molecule has 4 aromatic rings. The topological polar surface area (TPSA) is 70.4 Å². The van der Waals surface area contributed by atoms with E-state index in [0.717, 1.165) is 33.7 Å². The van der Waals surface area contributed by atoms with Crippen LogP contribution in [-0.2, 0) is 0 Å². The van der Waals surface area contributed by atoms with Crippen molar-refractivity contribution in [1.82, 2.24) is 14.8 Å². The Labute approximate surface area is 195 Å². The molecule has 7 nitrogen and oxygen atoms in total. The van der Waals surface area contributed by atoms with E-state index in [1.807, 2.05) is 28.9 Å². The smallest absolute Gasteiger partial charge is 0.226 e. The number of anilines is 1. The van der Waals surface area contributed by atoms with E-state index in [2.05, 4.69) is 52.0 Å². The van der Waals surface area contributed by atoms with Crippen LogP contribution >= 0.6 is 11.3 Å². The average Bonchev–Trinajstić information content (AvgIpc) is 3.54. The Morgan fingerprint density at radius 3 is 2.73 bits per heavy atom. The summed E-state index contributed by atoms with van der Waals surface area (Å²) in [6.07, 6.45) is 1.23. The van der Waals surface area contributed by atoms with Gasteiger partial charge in [-0.3, -0.25) is 0 Å². The van der Waals surface area contributed by atoms with Crippen LogP contribution in [0.15, 0.2) is 65.8 Å².